The summed E-state index contributed by atoms with van der Waals surface area (Å²) in [5, 5.41) is 8.86. The van der Waals surface area contributed by atoms with Crippen LogP contribution in [-0.4, -0.2) is 53.8 Å². The first-order valence-corrected chi connectivity index (χ1v) is 8.01. The molecule has 0 aliphatic carbocycles. The van der Waals surface area contributed by atoms with Crippen LogP contribution in [0.4, 0.5) is 8.78 Å². The summed E-state index contributed by atoms with van der Waals surface area (Å²) in [6.07, 6.45) is -1.77. The van der Waals surface area contributed by atoms with E-state index < -0.39 is 29.8 Å². The number of hydrogen-bond donors (Lipinski definition) is 1. The van der Waals surface area contributed by atoms with E-state index in [1.54, 1.807) is 13.8 Å². The number of rotatable bonds is 6. The van der Waals surface area contributed by atoms with Gasteiger partial charge in [-0.3, -0.25) is 9.59 Å². The molecule has 25 heavy (non-hydrogen) atoms. The summed E-state index contributed by atoms with van der Waals surface area (Å²) in [6.45, 7) is 4.15. The Balaban J connectivity index is 2.10. The standard InChI is InChI=1S/C17H21F2NO5/c1-10(2)16(25-14-4-3-11(18)7-13(14)19)17(23)20-5-6-24-12(9-20)8-15(21)22/h3-4,7,10,12,16H,5-6,8-9H2,1-2H3,(H,21,22)/t12-,16+/m0/s1. The molecule has 1 saturated heterocycles. The number of benzene rings is 1. The van der Waals surface area contributed by atoms with Crippen LogP contribution < -0.4 is 4.74 Å². The lowest BCUT2D eigenvalue weighted by atomic mass is 10.0. The van der Waals surface area contributed by atoms with E-state index in [2.05, 4.69) is 0 Å². The van der Waals surface area contributed by atoms with E-state index in [4.69, 9.17) is 14.6 Å². The Hall–Kier alpha value is -2.22. The van der Waals surface area contributed by atoms with E-state index in [9.17, 15) is 18.4 Å². The van der Waals surface area contributed by atoms with Gasteiger partial charge in [0.05, 0.1) is 19.1 Å². The first kappa shape index (κ1) is 19.1. The van der Waals surface area contributed by atoms with Crippen molar-refractivity contribution in [3.8, 4) is 5.75 Å². The third kappa shape index (κ3) is 5.12. The van der Waals surface area contributed by atoms with Crippen molar-refractivity contribution in [2.75, 3.05) is 19.7 Å². The van der Waals surface area contributed by atoms with Crippen molar-refractivity contribution in [1.82, 2.24) is 4.90 Å². The molecule has 0 spiro atoms. The van der Waals surface area contributed by atoms with E-state index >= 15 is 0 Å². The lowest BCUT2D eigenvalue weighted by Crippen LogP contribution is -2.52. The number of carboxylic acids is 1. The predicted molar refractivity (Wildman–Crippen MR) is 84.2 cm³/mol. The number of morpholine rings is 1. The van der Waals surface area contributed by atoms with Gasteiger partial charge in [-0.15, -0.1) is 0 Å². The van der Waals surface area contributed by atoms with Gasteiger partial charge in [0.25, 0.3) is 5.91 Å². The molecule has 0 saturated carbocycles. The summed E-state index contributed by atoms with van der Waals surface area (Å²) in [5.74, 6) is -3.48. The van der Waals surface area contributed by atoms with Gasteiger partial charge in [0.15, 0.2) is 17.7 Å². The molecule has 1 amide bonds. The highest BCUT2D eigenvalue weighted by Crippen LogP contribution is 2.23. The van der Waals surface area contributed by atoms with Crippen molar-refractivity contribution in [2.24, 2.45) is 5.92 Å². The zero-order chi connectivity index (χ0) is 18.6. The topological polar surface area (TPSA) is 76.1 Å². The number of carbonyl (C=O) groups excluding carboxylic acids is 1. The molecule has 1 aliphatic rings. The van der Waals surface area contributed by atoms with Gasteiger partial charge in [-0.05, 0) is 18.1 Å². The Kier molecular flexibility index (Phi) is 6.30. The van der Waals surface area contributed by atoms with Gasteiger partial charge in [0.1, 0.15) is 5.82 Å². The van der Waals surface area contributed by atoms with Crippen LogP contribution in [0.25, 0.3) is 0 Å². The summed E-state index contributed by atoms with van der Waals surface area (Å²) in [4.78, 5) is 25.0. The third-order valence-corrected chi connectivity index (χ3v) is 3.85. The molecule has 1 fully saturated rings. The van der Waals surface area contributed by atoms with Crippen molar-refractivity contribution in [3.05, 3.63) is 29.8 Å². The second kappa shape index (κ2) is 8.24. The summed E-state index contributed by atoms with van der Waals surface area (Å²) in [5.41, 5.74) is 0. The van der Waals surface area contributed by atoms with Gasteiger partial charge in [-0.2, -0.15) is 0 Å². The van der Waals surface area contributed by atoms with Crippen molar-refractivity contribution in [1.29, 1.82) is 0 Å². The smallest absolute Gasteiger partial charge is 0.306 e. The third-order valence-electron chi connectivity index (χ3n) is 3.85. The average Bonchev–Trinajstić information content (AvgIpc) is 2.53. The molecule has 2 rings (SSSR count). The lowest BCUT2D eigenvalue weighted by Gasteiger charge is -2.35. The first-order valence-electron chi connectivity index (χ1n) is 8.01. The molecule has 0 bridgehead atoms. The van der Waals surface area contributed by atoms with E-state index in [1.807, 2.05) is 0 Å². The molecule has 1 N–H and O–H groups in total. The van der Waals surface area contributed by atoms with Gasteiger partial charge in [-0.1, -0.05) is 13.8 Å². The largest absolute Gasteiger partial charge is 0.481 e. The van der Waals surface area contributed by atoms with Crippen LogP contribution in [0.2, 0.25) is 0 Å². The SMILES string of the molecule is CC(C)[C@@H](Oc1ccc(F)cc1F)C(=O)N1CCO[C@@H](CC(=O)O)C1. The van der Waals surface area contributed by atoms with Crippen molar-refractivity contribution < 1.29 is 33.0 Å². The average molecular weight is 357 g/mol. The zero-order valence-corrected chi connectivity index (χ0v) is 14.1. The molecule has 6 nitrogen and oxygen atoms in total. The Morgan fingerprint density at radius 2 is 2.12 bits per heavy atom. The summed E-state index contributed by atoms with van der Waals surface area (Å²) < 4.78 is 37.7. The van der Waals surface area contributed by atoms with Gasteiger partial charge in [-0.25, -0.2) is 8.78 Å². The monoisotopic (exact) mass is 357 g/mol. The molecule has 0 aromatic heterocycles. The number of hydrogen-bond acceptors (Lipinski definition) is 4. The highest BCUT2D eigenvalue weighted by molar-refractivity contribution is 5.82. The quantitative estimate of drug-likeness (QED) is 0.844. The summed E-state index contributed by atoms with van der Waals surface area (Å²) >= 11 is 0. The Bertz CT molecular complexity index is 637. The summed E-state index contributed by atoms with van der Waals surface area (Å²) in [7, 11) is 0. The molecule has 0 radical (unpaired) electrons. The van der Waals surface area contributed by atoms with Crippen molar-refractivity contribution in [2.45, 2.75) is 32.5 Å². The second-order valence-corrected chi connectivity index (χ2v) is 6.23. The maximum atomic E-state index is 13.8. The second-order valence-electron chi connectivity index (χ2n) is 6.23. The van der Waals surface area contributed by atoms with E-state index in [1.165, 1.54) is 4.90 Å². The minimum absolute atomic E-state index is 0.129. The lowest BCUT2D eigenvalue weighted by molar-refractivity contribution is -0.153. The van der Waals surface area contributed by atoms with E-state index in [-0.39, 0.29) is 37.1 Å². The molecular weight excluding hydrogens is 336 g/mol. The number of ether oxygens (including phenoxy) is 2. The number of carbonyl (C=O) groups is 2. The molecule has 1 aromatic rings. The van der Waals surface area contributed by atoms with Crippen LogP contribution in [0.15, 0.2) is 18.2 Å². The summed E-state index contributed by atoms with van der Waals surface area (Å²) in [6, 6.07) is 2.88. The normalized spacial score (nSPS) is 18.9. The highest BCUT2D eigenvalue weighted by Gasteiger charge is 2.33. The first-order chi connectivity index (χ1) is 11.8. The molecule has 1 heterocycles. The Morgan fingerprint density at radius 3 is 2.72 bits per heavy atom. The maximum absolute atomic E-state index is 13.8. The minimum Gasteiger partial charge on any atom is -0.481 e. The zero-order valence-electron chi connectivity index (χ0n) is 14.1. The van der Waals surface area contributed by atoms with Crippen LogP contribution in [0.3, 0.4) is 0 Å². The van der Waals surface area contributed by atoms with Crippen molar-refractivity contribution in [3.63, 3.8) is 0 Å². The predicted octanol–water partition coefficient (Wildman–Crippen LogP) is 2.07. The Morgan fingerprint density at radius 1 is 1.40 bits per heavy atom. The van der Waals surface area contributed by atoms with Crippen LogP contribution in [0, 0.1) is 17.6 Å². The molecule has 1 aromatic carbocycles. The highest BCUT2D eigenvalue weighted by atomic mass is 19.1. The molecule has 0 unspecified atom stereocenters. The number of nitrogens with zero attached hydrogens (tertiary/aromatic N) is 1. The van der Waals surface area contributed by atoms with Gasteiger partial charge < -0.3 is 19.5 Å². The number of aliphatic carboxylic acids is 1. The van der Waals surface area contributed by atoms with Crippen LogP contribution in [0.1, 0.15) is 20.3 Å². The molecule has 1 aliphatic heterocycles. The fourth-order valence-corrected chi connectivity index (χ4v) is 2.60. The minimum atomic E-state index is -1.01. The molecular formula is C17H21F2NO5. The molecule has 138 valence electrons. The number of carboxylic acid groups (broad SMARTS) is 1. The van der Waals surface area contributed by atoms with Gasteiger partial charge in [0, 0.05) is 19.2 Å². The van der Waals surface area contributed by atoms with Crippen LogP contribution in [-0.2, 0) is 14.3 Å². The fraction of sp³-hybridized carbons (Fsp3) is 0.529. The fourth-order valence-electron chi connectivity index (χ4n) is 2.60. The van der Waals surface area contributed by atoms with E-state index in [0.717, 1.165) is 12.1 Å². The van der Waals surface area contributed by atoms with Crippen LogP contribution in [0.5, 0.6) is 5.75 Å². The molecule has 2 atom stereocenters. The van der Waals surface area contributed by atoms with Gasteiger partial charge >= 0.3 is 5.97 Å². The van der Waals surface area contributed by atoms with Gasteiger partial charge in [0.2, 0.25) is 0 Å². The number of halogens is 2. The molecule has 8 heteroatoms. The van der Waals surface area contributed by atoms with Crippen LogP contribution >= 0.6 is 0 Å². The number of amides is 1. The Labute approximate surface area is 144 Å². The van der Waals surface area contributed by atoms with E-state index in [0.29, 0.717) is 12.6 Å². The maximum Gasteiger partial charge on any atom is 0.306 e. The van der Waals surface area contributed by atoms with Crippen molar-refractivity contribution >= 4 is 11.9 Å².